The standard InChI is InChI=1S/C22H30N2O/c1-3-15-25-22-11-9-20(10-12-22)18(2)23-21-13-14-24(17-21)16-19-7-5-4-6-8-19/h4-12,18,21,23H,3,13-17H2,1-2H3. The maximum Gasteiger partial charge on any atom is 0.119 e. The predicted molar refractivity (Wildman–Crippen MR) is 104 cm³/mol. The van der Waals surface area contributed by atoms with E-state index in [4.69, 9.17) is 4.74 Å². The van der Waals surface area contributed by atoms with Gasteiger partial charge in [-0.3, -0.25) is 4.90 Å². The molecule has 0 spiro atoms. The number of rotatable bonds is 8. The second-order valence-electron chi connectivity index (χ2n) is 7.01. The van der Waals surface area contributed by atoms with E-state index in [1.807, 2.05) is 0 Å². The van der Waals surface area contributed by atoms with Gasteiger partial charge in [-0.15, -0.1) is 0 Å². The van der Waals surface area contributed by atoms with Gasteiger partial charge in [0.15, 0.2) is 0 Å². The quantitative estimate of drug-likeness (QED) is 0.772. The molecule has 0 bridgehead atoms. The average molecular weight is 338 g/mol. The van der Waals surface area contributed by atoms with Crippen molar-refractivity contribution in [1.29, 1.82) is 0 Å². The van der Waals surface area contributed by atoms with Crippen molar-refractivity contribution >= 4 is 0 Å². The van der Waals surface area contributed by atoms with Crippen molar-refractivity contribution < 1.29 is 4.74 Å². The third kappa shape index (κ3) is 5.32. The predicted octanol–water partition coefficient (Wildman–Crippen LogP) is 4.40. The molecule has 0 amide bonds. The summed E-state index contributed by atoms with van der Waals surface area (Å²) < 4.78 is 5.67. The Balaban J connectivity index is 1.47. The number of nitrogens with zero attached hydrogens (tertiary/aromatic N) is 1. The SMILES string of the molecule is CCCOc1ccc(C(C)NC2CCN(Cc3ccccc3)C2)cc1. The molecule has 25 heavy (non-hydrogen) atoms. The lowest BCUT2D eigenvalue weighted by Crippen LogP contribution is -2.34. The number of hydrogen-bond acceptors (Lipinski definition) is 3. The molecule has 0 radical (unpaired) electrons. The van der Waals surface area contributed by atoms with Crippen LogP contribution in [0.25, 0.3) is 0 Å². The van der Waals surface area contributed by atoms with Crippen molar-refractivity contribution in [2.24, 2.45) is 0 Å². The summed E-state index contributed by atoms with van der Waals surface area (Å²) in [6, 6.07) is 20.2. The molecule has 134 valence electrons. The van der Waals surface area contributed by atoms with Gasteiger partial charge in [0.2, 0.25) is 0 Å². The van der Waals surface area contributed by atoms with Crippen LogP contribution in [0.4, 0.5) is 0 Å². The van der Waals surface area contributed by atoms with Gasteiger partial charge in [0.05, 0.1) is 6.61 Å². The molecule has 1 aliphatic heterocycles. The largest absolute Gasteiger partial charge is 0.494 e. The van der Waals surface area contributed by atoms with E-state index < -0.39 is 0 Å². The summed E-state index contributed by atoms with van der Waals surface area (Å²) in [5.74, 6) is 0.965. The summed E-state index contributed by atoms with van der Waals surface area (Å²) in [5.41, 5.74) is 2.73. The first kappa shape index (κ1) is 18.0. The molecule has 3 rings (SSSR count). The van der Waals surface area contributed by atoms with Gasteiger partial charge < -0.3 is 10.1 Å². The van der Waals surface area contributed by atoms with Crippen LogP contribution in [0, 0.1) is 0 Å². The number of hydrogen-bond donors (Lipinski definition) is 1. The number of likely N-dealkylation sites (tertiary alicyclic amines) is 1. The Bertz CT molecular complexity index is 626. The van der Waals surface area contributed by atoms with Crippen molar-refractivity contribution in [2.75, 3.05) is 19.7 Å². The smallest absolute Gasteiger partial charge is 0.119 e. The minimum absolute atomic E-state index is 0.363. The van der Waals surface area contributed by atoms with Crippen LogP contribution in [0.1, 0.15) is 43.9 Å². The van der Waals surface area contributed by atoms with E-state index >= 15 is 0 Å². The molecule has 1 heterocycles. The van der Waals surface area contributed by atoms with E-state index in [1.54, 1.807) is 0 Å². The van der Waals surface area contributed by atoms with Gasteiger partial charge in [0.25, 0.3) is 0 Å². The van der Waals surface area contributed by atoms with Crippen LogP contribution in [0.15, 0.2) is 54.6 Å². The van der Waals surface area contributed by atoms with Crippen LogP contribution in [0.2, 0.25) is 0 Å². The summed E-state index contributed by atoms with van der Waals surface area (Å²) in [6.07, 6.45) is 2.26. The lowest BCUT2D eigenvalue weighted by molar-refractivity contribution is 0.315. The molecule has 3 heteroatoms. The molecule has 0 saturated carbocycles. The third-order valence-electron chi connectivity index (χ3n) is 4.86. The molecule has 0 aliphatic carbocycles. The lowest BCUT2D eigenvalue weighted by atomic mass is 10.1. The fourth-order valence-electron chi connectivity index (χ4n) is 3.48. The zero-order valence-corrected chi connectivity index (χ0v) is 15.4. The highest BCUT2D eigenvalue weighted by Gasteiger charge is 2.23. The number of ether oxygens (including phenoxy) is 1. The van der Waals surface area contributed by atoms with Crippen molar-refractivity contribution in [1.82, 2.24) is 10.2 Å². The first-order valence-corrected chi connectivity index (χ1v) is 9.49. The van der Waals surface area contributed by atoms with Gasteiger partial charge in [0, 0.05) is 31.7 Å². The Labute approximate surface area is 152 Å². The van der Waals surface area contributed by atoms with Gasteiger partial charge in [-0.05, 0) is 43.0 Å². The molecule has 1 N–H and O–H groups in total. The van der Waals surface area contributed by atoms with Crippen molar-refractivity contribution in [3.05, 3.63) is 65.7 Å². The Morgan fingerprint density at radius 3 is 2.60 bits per heavy atom. The molecular formula is C22H30N2O. The van der Waals surface area contributed by atoms with Gasteiger partial charge in [-0.2, -0.15) is 0 Å². The lowest BCUT2D eigenvalue weighted by Gasteiger charge is -2.21. The monoisotopic (exact) mass is 338 g/mol. The Hall–Kier alpha value is -1.84. The molecule has 3 nitrogen and oxygen atoms in total. The summed E-state index contributed by atoms with van der Waals surface area (Å²) in [7, 11) is 0. The van der Waals surface area contributed by atoms with E-state index in [1.165, 1.54) is 24.1 Å². The molecule has 2 aromatic rings. The van der Waals surface area contributed by atoms with Gasteiger partial charge in [0.1, 0.15) is 5.75 Å². The van der Waals surface area contributed by atoms with E-state index in [0.717, 1.165) is 31.9 Å². The summed E-state index contributed by atoms with van der Waals surface area (Å²) in [6.45, 7) is 8.51. The van der Waals surface area contributed by atoms with Crippen molar-refractivity contribution in [2.45, 2.75) is 45.3 Å². The average Bonchev–Trinajstić information content (AvgIpc) is 3.08. The number of nitrogens with one attached hydrogen (secondary N) is 1. The van der Waals surface area contributed by atoms with Gasteiger partial charge in [-0.25, -0.2) is 0 Å². The van der Waals surface area contributed by atoms with Gasteiger partial charge in [-0.1, -0.05) is 49.4 Å². The molecule has 1 fully saturated rings. The molecular weight excluding hydrogens is 308 g/mol. The van der Waals surface area contributed by atoms with Crippen molar-refractivity contribution in [3.63, 3.8) is 0 Å². The third-order valence-corrected chi connectivity index (χ3v) is 4.86. The van der Waals surface area contributed by atoms with Crippen LogP contribution < -0.4 is 10.1 Å². The van der Waals surface area contributed by atoms with Crippen LogP contribution in [-0.4, -0.2) is 30.6 Å². The van der Waals surface area contributed by atoms with E-state index in [0.29, 0.717) is 12.1 Å². The molecule has 2 aromatic carbocycles. The second-order valence-corrected chi connectivity index (χ2v) is 7.01. The first-order chi connectivity index (χ1) is 12.2. The normalized spacial score (nSPS) is 19.0. The summed E-state index contributed by atoms with van der Waals surface area (Å²) >= 11 is 0. The van der Waals surface area contributed by atoms with E-state index in [9.17, 15) is 0 Å². The van der Waals surface area contributed by atoms with Crippen LogP contribution in [-0.2, 0) is 6.54 Å². The molecule has 0 aromatic heterocycles. The van der Waals surface area contributed by atoms with E-state index in [2.05, 4.69) is 78.7 Å². The Morgan fingerprint density at radius 2 is 1.88 bits per heavy atom. The molecule has 1 saturated heterocycles. The second kappa shape index (κ2) is 9.02. The zero-order chi connectivity index (χ0) is 17.5. The Kier molecular flexibility index (Phi) is 6.48. The van der Waals surface area contributed by atoms with Crippen LogP contribution in [0.3, 0.4) is 0 Å². The van der Waals surface area contributed by atoms with Crippen molar-refractivity contribution in [3.8, 4) is 5.75 Å². The van der Waals surface area contributed by atoms with E-state index in [-0.39, 0.29) is 0 Å². The minimum atomic E-state index is 0.363. The van der Waals surface area contributed by atoms with Crippen LogP contribution in [0.5, 0.6) is 5.75 Å². The van der Waals surface area contributed by atoms with Gasteiger partial charge >= 0.3 is 0 Å². The highest BCUT2D eigenvalue weighted by molar-refractivity contribution is 5.29. The maximum absolute atomic E-state index is 5.67. The molecule has 1 aliphatic rings. The number of benzene rings is 2. The fraction of sp³-hybridized carbons (Fsp3) is 0.455. The highest BCUT2D eigenvalue weighted by atomic mass is 16.5. The zero-order valence-electron chi connectivity index (χ0n) is 15.4. The topological polar surface area (TPSA) is 24.5 Å². The molecule has 2 unspecified atom stereocenters. The van der Waals surface area contributed by atoms with Crippen LogP contribution >= 0.6 is 0 Å². The highest BCUT2D eigenvalue weighted by Crippen LogP contribution is 2.21. The summed E-state index contributed by atoms with van der Waals surface area (Å²) in [4.78, 5) is 2.54. The summed E-state index contributed by atoms with van der Waals surface area (Å²) in [5, 5.41) is 3.79. The fourth-order valence-corrected chi connectivity index (χ4v) is 3.48. The Morgan fingerprint density at radius 1 is 1.12 bits per heavy atom. The molecule has 2 atom stereocenters. The minimum Gasteiger partial charge on any atom is -0.494 e. The first-order valence-electron chi connectivity index (χ1n) is 9.49. The maximum atomic E-state index is 5.67.